The second-order valence-corrected chi connectivity index (χ2v) is 4.30. The molecular formula is C13H18N2O2. The molecule has 0 atom stereocenters. The first-order valence-corrected chi connectivity index (χ1v) is 5.88. The molecule has 0 aromatic heterocycles. The third-order valence-corrected chi connectivity index (χ3v) is 3.01. The summed E-state index contributed by atoms with van der Waals surface area (Å²) in [5.74, 6) is 0. The highest BCUT2D eigenvalue weighted by Crippen LogP contribution is 2.19. The number of hydrogen-bond acceptors (Lipinski definition) is 2. The summed E-state index contributed by atoms with van der Waals surface area (Å²) in [5.41, 5.74) is 3.10. The number of para-hydroxylation sites is 1. The lowest BCUT2D eigenvalue weighted by Gasteiger charge is -2.27. The normalized spacial score (nSPS) is 15.8. The molecule has 0 unspecified atom stereocenters. The summed E-state index contributed by atoms with van der Waals surface area (Å²) in [7, 11) is 0. The summed E-state index contributed by atoms with van der Waals surface area (Å²) in [6, 6.07) is 5.96. The van der Waals surface area contributed by atoms with Crippen molar-refractivity contribution in [2.45, 2.75) is 13.8 Å². The number of carbonyl (C=O) groups is 1. The van der Waals surface area contributed by atoms with E-state index < -0.39 is 0 Å². The molecule has 0 aliphatic carbocycles. The number of aryl methyl sites for hydroxylation is 2. The Hall–Kier alpha value is -1.55. The van der Waals surface area contributed by atoms with Crippen LogP contribution in [0.5, 0.6) is 0 Å². The minimum Gasteiger partial charge on any atom is -0.378 e. The molecule has 1 N–H and O–H groups in total. The zero-order valence-corrected chi connectivity index (χ0v) is 10.3. The molecule has 0 bridgehead atoms. The van der Waals surface area contributed by atoms with Crippen LogP contribution in [0.3, 0.4) is 0 Å². The van der Waals surface area contributed by atoms with Crippen molar-refractivity contribution in [3.63, 3.8) is 0 Å². The number of urea groups is 1. The maximum absolute atomic E-state index is 12.0. The van der Waals surface area contributed by atoms with Gasteiger partial charge in [-0.2, -0.15) is 0 Å². The Balaban J connectivity index is 2.07. The second-order valence-electron chi connectivity index (χ2n) is 4.30. The first kappa shape index (κ1) is 11.9. The van der Waals surface area contributed by atoms with Gasteiger partial charge in [-0.3, -0.25) is 0 Å². The van der Waals surface area contributed by atoms with Gasteiger partial charge in [-0.05, 0) is 25.0 Å². The number of benzene rings is 1. The minimum absolute atomic E-state index is 0.0364. The average Bonchev–Trinajstić information content (AvgIpc) is 2.35. The predicted octanol–water partition coefficient (Wildman–Crippen LogP) is 2.17. The summed E-state index contributed by atoms with van der Waals surface area (Å²) in [5, 5.41) is 2.98. The van der Waals surface area contributed by atoms with Gasteiger partial charge in [0, 0.05) is 18.8 Å². The molecule has 2 rings (SSSR count). The van der Waals surface area contributed by atoms with E-state index in [2.05, 4.69) is 5.32 Å². The number of anilines is 1. The summed E-state index contributed by atoms with van der Waals surface area (Å²) < 4.78 is 5.23. The largest absolute Gasteiger partial charge is 0.378 e. The van der Waals surface area contributed by atoms with Gasteiger partial charge < -0.3 is 15.0 Å². The highest BCUT2D eigenvalue weighted by molar-refractivity contribution is 5.91. The second kappa shape index (κ2) is 5.19. The van der Waals surface area contributed by atoms with Gasteiger partial charge in [0.05, 0.1) is 13.2 Å². The Morgan fingerprint density at radius 2 is 1.82 bits per heavy atom. The van der Waals surface area contributed by atoms with Gasteiger partial charge in [-0.15, -0.1) is 0 Å². The summed E-state index contributed by atoms with van der Waals surface area (Å²) >= 11 is 0. The fraction of sp³-hybridized carbons (Fsp3) is 0.462. The van der Waals surface area contributed by atoms with E-state index in [0.29, 0.717) is 26.3 Å². The highest BCUT2D eigenvalue weighted by atomic mass is 16.5. The van der Waals surface area contributed by atoms with Crippen molar-refractivity contribution in [1.29, 1.82) is 0 Å². The Morgan fingerprint density at radius 1 is 1.24 bits per heavy atom. The van der Waals surface area contributed by atoms with E-state index in [4.69, 9.17) is 4.74 Å². The molecular weight excluding hydrogens is 216 g/mol. The van der Waals surface area contributed by atoms with Crippen molar-refractivity contribution in [2.24, 2.45) is 0 Å². The Kier molecular flexibility index (Phi) is 3.64. The Morgan fingerprint density at radius 3 is 2.41 bits per heavy atom. The lowest BCUT2D eigenvalue weighted by Crippen LogP contribution is -2.43. The molecule has 0 radical (unpaired) electrons. The summed E-state index contributed by atoms with van der Waals surface area (Å²) in [4.78, 5) is 13.8. The molecule has 1 aromatic carbocycles. The number of nitrogens with zero attached hydrogens (tertiary/aromatic N) is 1. The van der Waals surface area contributed by atoms with E-state index in [1.807, 2.05) is 32.0 Å². The maximum atomic E-state index is 12.0. The number of amides is 2. The molecule has 1 saturated heterocycles. The van der Waals surface area contributed by atoms with Crippen LogP contribution in [0.1, 0.15) is 11.1 Å². The zero-order valence-electron chi connectivity index (χ0n) is 10.3. The SMILES string of the molecule is Cc1cccc(C)c1NC(=O)N1CCOCC1. The fourth-order valence-corrected chi connectivity index (χ4v) is 1.96. The van der Waals surface area contributed by atoms with Crippen molar-refractivity contribution >= 4 is 11.7 Å². The lowest BCUT2D eigenvalue weighted by atomic mass is 10.1. The Bertz CT molecular complexity index is 392. The number of morpholine rings is 1. The van der Waals surface area contributed by atoms with Crippen LogP contribution >= 0.6 is 0 Å². The van der Waals surface area contributed by atoms with Crippen LogP contribution in [0.25, 0.3) is 0 Å². The minimum atomic E-state index is -0.0364. The predicted molar refractivity (Wildman–Crippen MR) is 67.3 cm³/mol. The van der Waals surface area contributed by atoms with Crippen LogP contribution in [0.2, 0.25) is 0 Å². The smallest absolute Gasteiger partial charge is 0.322 e. The number of rotatable bonds is 1. The standard InChI is InChI=1S/C13H18N2O2/c1-10-4-3-5-11(2)12(10)14-13(16)15-6-8-17-9-7-15/h3-5H,6-9H2,1-2H3,(H,14,16). The van der Waals surface area contributed by atoms with Crippen LogP contribution < -0.4 is 5.32 Å². The van der Waals surface area contributed by atoms with E-state index in [1.165, 1.54) is 0 Å². The first-order chi connectivity index (χ1) is 8.18. The van der Waals surface area contributed by atoms with Gasteiger partial charge in [0.25, 0.3) is 0 Å². The van der Waals surface area contributed by atoms with Gasteiger partial charge in [0.1, 0.15) is 0 Å². The molecule has 1 heterocycles. The van der Waals surface area contributed by atoms with Crippen LogP contribution in [-0.4, -0.2) is 37.2 Å². The van der Waals surface area contributed by atoms with Gasteiger partial charge in [-0.25, -0.2) is 4.79 Å². The molecule has 92 valence electrons. The molecule has 1 fully saturated rings. The highest BCUT2D eigenvalue weighted by Gasteiger charge is 2.17. The van der Waals surface area contributed by atoms with E-state index in [9.17, 15) is 4.79 Å². The van der Waals surface area contributed by atoms with E-state index in [1.54, 1.807) is 4.90 Å². The molecule has 1 aliphatic rings. The van der Waals surface area contributed by atoms with E-state index in [0.717, 1.165) is 16.8 Å². The molecule has 1 aromatic rings. The topological polar surface area (TPSA) is 41.6 Å². The quantitative estimate of drug-likeness (QED) is 0.809. The molecule has 1 aliphatic heterocycles. The van der Waals surface area contributed by atoms with Crippen molar-refractivity contribution in [2.75, 3.05) is 31.6 Å². The van der Waals surface area contributed by atoms with Crippen LogP contribution in [0.15, 0.2) is 18.2 Å². The lowest BCUT2D eigenvalue weighted by molar-refractivity contribution is 0.0564. The van der Waals surface area contributed by atoms with E-state index >= 15 is 0 Å². The van der Waals surface area contributed by atoms with Crippen molar-refractivity contribution < 1.29 is 9.53 Å². The van der Waals surface area contributed by atoms with Crippen molar-refractivity contribution in [3.8, 4) is 0 Å². The van der Waals surface area contributed by atoms with Crippen molar-refractivity contribution in [1.82, 2.24) is 4.90 Å². The number of hydrogen-bond donors (Lipinski definition) is 1. The number of carbonyl (C=O) groups excluding carboxylic acids is 1. The first-order valence-electron chi connectivity index (χ1n) is 5.88. The molecule has 0 spiro atoms. The third-order valence-electron chi connectivity index (χ3n) is 3.01. The van der Waals surface area contributed by atoms with Crippen LogP contribution in [-0.2, 0) is 4.74 Å². The van der Waals surface area contributed by atoms with E-state index in [-0.39, 0.29) is 6.03 Å². The summed E-state index contributed by atoms with van der Waals surface area (Å²) in [6.45, 7) is 6.58. The maximum Gasteiger partial charge on any atom is 0.322 e. The summed E-state index contributed by atoms with van der Waals surface area (Å²) in [6.07, 6.45) is 0. The third kappa shape index (κ3) is 2.77. The monoisotopic (exact) mass is 234 g/mol. The van der Waals surface area contributed by atoms with Gasteiger partial charge >= 0.3 is 6.03 Å². The molecule has 4 heteroatoms. The molecule has 17 heavy (non-hydrogen) atoms. The fourth-order valence-electron chi connectivity index (χ4n) is 1.96. The van der Waals surface area contributed by atoms with Gasteiger partial charge in [0.15, 0.2) is 0 Å². The number of ether oxygens (including phenoxy) is 1. The van der Waals surface area contributed by atoms with Crippen LogP contribution in [0, 0.1) is 13.8 Å². The average molecular weight is 234 g/mol. The zero-order chi connectivity index (χ0) is 12.3. The van der Waals surface area contributed by atoms with Crippen molar-refractivity contribution in [3.05, 3.63) is 29.3 Å². The number of nitrogens with one attached hydrogen (secondary N) is 1. The van der Waals surface area contributed by atoms with Crippen LogP contribution in [0.4, 0.5) is 10.5 Å². The Labute approximate surface area is 102 Å². The molecule has 2 amide bonds. The van der Waals surface area contributed by atoms with Gasteiger partial charge in [0.2, 0.25) is 0 Å². The van der Waals surface area contributed by atoms with Gasteiger partial charge in [-0.1, -0.05) is 18.2 Å². The molecule has 0 saturated carbocycles. The molecule has 4 nitrogen and oxygen atoms in total.